The summed E-state index contributed by atoms with van der Waals surface area (Å²) in [6.07, 6.45) is 1.13. The second-order valence-corrected chi connectivity index (χ2v) is 5.49. The standard InChI is InChI=1S/C11H9BrFIN4/c1-15-11-16-5-8(13)10(18-11)17-9-4-6(14)2-3-7(9)12/h2-5H,1H3,(H2,15,16,17,18). The molecule has 2 aromatic rings. The van der Waals surface area contributed by atoms with E-state index < -0.39 is 5.82 Å². The molecule has 0 spiro atoms. The number of hydrogen-bond acceptors (Lipinski definition) is 4. The average molecular weight is 423 g/mol. The van der Waals surface area contributed by atoms with Crippen LogP contribution in [0.25, 0.3) is 0 Å². The van der Waals surface area contributed by atoms with Gasteiger partial charge in [-0.2, -0.15) is 4.98 Å². The zero-order chi connectivity index (χ0) is 13.1. The molecule has 1 heterocycles. The highest BCUT2D eigenvalue weighted by Crippen LogP contribution is 2.28. The minimum Gasteiger partial charge on any atom is -0.357 e. The van der Waals surface area contributed by atoms with Gasteiger partial charge < -0.3 is 10.6 Å². The van der Waals surface area contributed by atoms with E-state index in [0.29, 0.717) is 5.95 Å². The fourth-order valence-corrected chi connectivity index (χ4v) is 2.13. The molecule has 2 N–H and O–H groups in total. The molecule has 0 atom stereocenters. The lowest BCUT2D eigenvalue weighted by atomic mass is 10.3. The first-order chi connectivity index (χ1) is 8.60. The molecular formula is C11H9BrFIN4. The number of aromatic nitrogens is 2. The van der Waals surface area contributed by atoms with Crippen LogP contribution in [0, 0.1) is 9.39 Å². The molecule has 0 saturated carbocycles. The lowest BCUT2D eigenvalue weighted by molar-refractivity contribution is 0.619. The van der Waals surface area contributed by atoms with Crippen LogP contribution in [0.3, 0.4) is 0 Å². The molecular weight excluding hydrogens is 414 g/mol. The second-order valence-electron chi connectivity index (χ2n) is 3.39. The van der Waals surface area contributed by atoms with Gasteiger partial charge in [-0.25, -0.2) is 9.37 Å². The topological polar surface area (TPSA) is 49.8 Å². The fourth-order valence-electron chi connectivity index (χ4n) is 1.30. The maximum atomic E-state index is 13.6. The van der Waals surface area contributed by atoms with Crippen LogP contribution in [0.5, 0.6) is 0 Å². The van der Waals surface area contributed by atoms with E-state index in [1.165, 1.54) is 0 Å². The highest BCUT2D eigenvalue weighted by Gasteiger charge is 2.08. The van der Waals surface area contributed by atoms with Gasteiger partial charge in [-0.1, -0.05) is 0 Å². The first-order valence-electron chi connectivity index (χ1n) is 5.02. The Labute approximate surface area is 126 Å². The molecule has 18 heavy (non-hydrogen) atoms. The summed E-state index contributed by atoms with van der Waals surface area (Å²) >= 11 is 5.59. The summed E-state index contributed by atoms with van der Waals surface area (Å²) in [6.45, 7) is 0. The Kier molecular flexibility index (Phi) is 4.33. The van der Waals surface area contributed by atoms with Gasteiger partial charge in [0.1, 0.15) is 0 Å². The van der Waals surface area contributed by atoms with E-state index in [9.17, 15) is 4.39 Å². The van der Waals surface area contributed by atoms with Crippen molar-refractivity contribution in [3.63, 3.8) is 0 Å². The van der Waals surface area contributed by atoms with E-state index in [1.807, 2.05) is 18.2 Å². The van der Waals surface area contributed by atoms with Crippen molar-refractivity contribution < 1.29 is 4.39 Å². The predicted molar refractivity (Wildman–Crippen MR) is 81.7 cm³/mol. The third-order valence-electron chi connectivity index (χ3n) is 2.15. The number of hydrogen-bond donors (Lipinski definition) is 2. The normalized spacial score (nSPS) is 10.2. The summed E-state index contributed by atoms with van der Waals surface area (Å²) in [5.41, 5.74) is 0.751. The fraction of sp³-hybridized carbons (Fsp3) is 0.0909. The second kappa shape index (κ2) is 5.79. The summed E-state index contributed by atoms with van der Waals surface area (Å²) in [4.78, 5) is 7.81. The molecule has 0 aliphatic rings. The third kappa shape index (κ3) is 3.08. The van der Waals surface area contributed by atoms with Gasteiger partial charge in [0.15, 0.2) is 11.6 Å². The summed E-state index contributed by atoms with van der Waals surface area (Å²) in [5.74, 6) is -0.00235. The maximum Gasteiger partial charge on any atom is 0.224 e. The molecule has 0 aliphatic carbocycles. The molecule has 0 radical (unpaired) electrons. The minimum absolute atomic E-state index is 0.136. The molecule has 0 aliphatic heterocycles. The zero-order valence-corrected chi connectivity index (χ0v) is 13.1. The smallest absolute Gasteiger partial charge is 0.224 e. The van der Waals surface area contributed by atoms with Gasteiger partial charge >= 0.3 is 0 Å². The molecule has 4 nitrogen and oxygen atoms in total. The van der Waals surface area contributed by atoms with Crippen LogP contribution < -0.4 is 10.6 Å². The molecule has 2 rings (SSSR count). The summed E-state index contributed by atoms with van der Waals surface area (Å²) in [5, 5.41) is 5.70. The Morgan fingerprint density at radius 1 is 1.39 bits per heavy atom. The Balaban J connectivity index is 2.36. The SMILES string of the molecule is CNc1ncc(F)c(Nc2cc(I)ccc2Br)n1. The van der Waals surface area contributed by atoms with Crippen molar-refractivity contribution in [1.29, 1.82) is 0 Å². The van der Waals surface area contributed by atoms with Gasteiger partial charge in [-0.3, -0.25) is 0 Å². The van der Waals surface area contributed by atoms with E-state index in [1.54, 1.807) is 7.05 Å². The van der Waals surface area contributed by atoms with E-state index in [4.69, 9.17) is 0 Å². The van der Waals surface area contributed by atoms with Crippen molar-refractivity contribution in [2.45, 2.75) is 0 Å². The summed E-state index contributed by atoms with van der Waals surface area (Å²) < 4.78 is 15.5. The number of rotatable bonds is 3. The van der Waals surface area contributed by atoms with E-state index in [0.717, 1.165) is 19.9 Å². The average Bonchev–Trinajstić information content (AvgIpc) is 2.36. The van der Waals surface area contributed by atoms with Gasteiger partial charge in [0.25, 0.3) is 0 Å². The van der Waals surface area contributed by atoms with Crippen molar-refractivity contribution >= 4 is 56.0 Å². The number of anilines is 3. The number of nitrogens with one attached hydrogen (secondary N) is 2. The molecule has 0 bridgehead atoms. The first kappa shape index (κ1) is 13.5. The highest BCUT2D eigenvalue weighted by molar-refractivity contribution is 14.1. The van der Waals surface area contributed by atoms with Gasteiger partial charge in [-0.15, -0.1) is 0 Å². The molecule has 0 saturated heterocycles. The van der Waals surface area contributed by atoms with E-state index in [2.05, 4.69) is 59.1 Å². The molecule has 0 amide bonds. The Morgan fingerprint density at radius 2 is 2.17 bits per heavy atom. The van der Waals surface area contributed by atoms with Crippen LogP contribution in [-0.2, 0) is 0 Å². The number of benzene rings is 1. The summed E-state index contributed by atoms with van der Waals surface area (Å²) in [6, 6.07) is 5.73. The van der Waals surface area contributed by atoms with Crippen LogP contribution in [0.2, 0.25) is 0 Å². The monoisotopic (exact) mass is 422 g/mol. The Bertz CT molecular complexity index is 579. The van der Waals surface area contributed by atoms with Crippen molar-refractivity contribution in [3.05, 3.63) is 38.3 Å². The first-order valence-corrected chi connectivity index (χ1v) is 6.89. The van der Waals surface area contributed by atoms with Crippen LogP contribution in [0.1, 0.15) is 0 Å². The lowest BCUT2D eigenvalue weighted by Gasteiger charge is -2.10. The molecule has 1 aromatic heterocycles. The number of nitrogens with zero attached hydrogens (tertiary/aromatic N) is 2. The molecule has 1 aromatic carbocycles. The van der Waals surface area contributed by atoms with Crippen LogP contribution in [0.4, 0.5) is 21.8 Å². The van der Waals surface area contributed by atoms with E-state index in [-0.39, 0.29) is 5.82 Å². The lowest BCUT2D eigenvalue weighted by Crippen LogP contribution is -2.03. The highest BCUT2D eigenvalue weighted by atomic mass is 127. The number of halogens is 3. The van der Waals surface area contributed by atoms with Crippen molar-refractivity contribution in [3.8, 4) is 0 Å². The predicted octanol–water partition coefficient (Wildman–Crippen LogP) is 3.77. The largest absolute Gasteiger partial charge is 0.357 e. The van der Waals surface area contributed by atoms with Crippen LogP contribution in [-0.4, -0.2) is 17.0 Å². The Hall–Kier alpha value is -0.960. The molecule has 0 fully saturated rings. The van der Waals surface area contributed by atoms with Crippen LogP contribution >= 0.6 is 38.5 Å². The van der Waals surface area contributed by atoms with Gasteiger partial charge in [-0.05, 0) is 56.7 Å². The van der Waals surface area contributed by atoms with E-state index >= 15 is 0 Å². The zero-order valence-electron chi connectivity index (χ0n) is 9.34. The van der Waals surface area contributed by atoms with Crippen LogP contribution in [0.15, 0.2) is 28.9 Å². The van der Waals surface area contributed by atoms with Crippen molar-refractivity contribution in [2.75, 3.05) is 17.7 Å². The Morgan fingerprint density at radius 3 is 2.89 bits per heavy atom. The molecule has 94 valence electrons. The maximum absolute atomic E-state index is 13.6. The van der Waals surface area contributed by atoms with Gasteiger partial charge in [0, 0.05) is 15.1 Å². The summed E-state index contributed by atoms with van der Waals surface area (Å²) in [7, 11) is 1.68. The van der Waals surface area contributed by atoms with Crippen molar-refractivity contribution in [1.82, 2.24) is 9.97 Å². The molecule has 7 heteroatoms. The third-order valence-corrected chi connectivity index (χ3v) is 3.51. The molecule has 0 unspecified atom stereocenters. The van der Waals surface area contributed by atoms with Crippen molar-refractivity contribution in [2.24, 2.45) is 0 Å². The minimum atomic E-state index is -0.500. The van der Waals surface area contributed by atoms with Gasteiger partial charge in [0.05, 0.1) is 11.9 Å². The quantitative estimate of drug-likeness (QED) is 0.739. The van der Waals surface area contributed by atoms with Gasteiger partial charge in [0.2, 0.25) is 5.95 Å².